The molecule has 0 saturated heterocycles. The van der Waals surface area contributed by atoms with Crippen LogP contribution in [0.5, 0.6) is 0 Å². The highest BCUT2D eigenvalue weighted by atomic mass is 31.2. The number of rotatable bonds is 3. The first-order chi connectivity index (χ1) is 8.88. The van der Waals surface area contributed by atoms with Gasteiger partial charge >= 0.3 is 14.7 Å². The molecule has 0 aromatic heterocycles. The second-order valence-corrected chi connectivity index (χ2v) is 5.69. The van der Waals surface area contributed by atoms with Gasteiger partial charge in [-0.1, -0.05) is 36.4 Å². The summed E-state index contributed by atoms with van der Waals surface area (Å²) in [7, 11) is -5.72. The summed E-state index contributed by atoms with van der Waals surface area (Å²) in [6, 6.07) is 12.6. The van der Waals surface area contributed by atoms with Gasteiger partial charge in [-0.3, -0.25) is 4.57 Å². The summed E-state index contributed by atoms with van der Waals surface area (Å²) in [5.74, 6) is 0. The van der Waals surface area contributed by atoms with E-state index in [-0.39, 0.29) is 5.30 Å². The van der Waals surface area contributed by atoms with Crippen molar-refractivity contribution in [3.05, 3.63) is 48.5 Å². The van der Waals surface area contributed by atoms with Crippen LogP contribution in [0.25, 0.3) is 11.1 Å². The van der Waals surface area contributed by atoms with E-state index >= 15 is 0 Å². The van der Waals surface area contributed by atoms with Gasteiger partial charge < -0.3 is 19.8 Å². The molecule has 0 spiro atoms. The van der Waals surface area contributed by atoms with Crippen molar-refractivity contribution in [3.63, 3.8) is 0 Å². The monoisotopic (exact) mass is 278 g/mol. The highest BCUT2D eigenvalue weighted by Gasteiger charge is 2.16. The molecular weight excluding hydrogens is 266 g/mol. The Balaban J connectivity index is 2.30. The van der Waals surface area contributed by atoms with E-state index in [1.54, 1.807) is 36.4 Å². The molecule has 0 amide bonds. The second-order valence-electron chi connectivity index (χ2n) is 4.09. The topological polar surface area (TPSA) is 98.0 Å². The smallest absolute Gasteiger partial charge is 0.423 e. The van der Waals surface area contributed by atoms with Gasteiger partial charge in [0.2, 0.25) is 0 Å². The van der Waals surface area contributed by atoms with Crippen LogP contribution in [0.4, 0.5) is 0 Å². The summed E-state index contributed by atoms with van der Waals surface area (Å²) in [5.41, 5.74) is 1.99. The summed E-state index contributed by atoms with van der Waals surface area (Å²) in [6.45, 7) is 0. The first kappa shape index (κ1) is 14.0. The fourth-order valence-electron chi connectivity index (χ4n) is 1.70. The van der Waals surface area contributed by atoms with Crippen molar-refractivity contribution in [2.45, 2.75) is 0 Å². The lowest BCUT2D eigenvalue weighted by atomic mass is 9.80. The van der Waals surface area contributed by atoms with Crippen molar-refractivity contribution in [2.75, 3.05) is 0 Å². The predicted molar refractivity (Wildman–Crippen MR) is 73.4 cm³/mol. The van der Waals surface area contributed by atoms with Crippen LogP contribution in [0.1, 0.15) is 0 Å². The molecule has 2 rings (SSSR count). The van der Waals surface area contributed by atoms with Crippen molar-refractivity contribution in [2.24, 2.45) is 0 Å². The molecule has 0 atom stereocenters. The molecule has 0 saturated carbocycles. The van der Waals surface area contributed by atoms with Crippen LogP contribution in [-0.2, 0) is 4.57 Å². The third-order valence-electron chi connectivity index (χ3n) is 2.75. The van der Waals surface area contributed by atoms with Gasteiger partial charge in [0, 0.05) is 0 Å². The summed E-state index contributed by atoms with van der Waals surface area (Å²) in [4.78, 5) is 18.0. The van der Waals surface area contributed by atoms with E-state index in [4.69, 9.17) is 19.8 Å². The number of hydrogen-bond acceptors (Lipinski definition) is 3. The average Bonchev–Trinajstić information content (AvgIpc) is 2.38. The third-order valence-corrected chi connectivity index (χ3v) is 3.72. The van der Waals surface area contributed by atoms with E-state index < -0.39 is 14.7 Å². The van der Waals surface area contributed by atoms with Crippen LogP contribution in [0.15, 0.2) is 48.5 Å². The van der Waals surface area contributed by atoms with Crippen molar-refractivity contribution >= 4 is 25.5 Å². The molecule has 0 fully saturated rings. The maximum absolute atomic E-state index is 11.0. The van der Waals surface area contributed by atoms with Gasteiger partial charge in [-0.15, -0.1) is 0 Å². The molecule has 0 bridgehead atoms. The van der Waals surface area contributed by atoms with Gasteiger partial charge in [0.05, 0.1) is 5.30 Å². The Morgan fingerprint density at radius 3 is 1.58 bits per heavy atom. The minimum atomic E-state index is -4.22. The van der Waals surface area contributed by atoms with Crippen LogP contribution in [0.2, 0.25) is 0 Å². The van der Waals surface area contributed by atoms with Gasteiger partial charge in [0.1, 0.15) is 0 Å². The second kappa shape index (κ2) is 5.29. The molecule has 0 unspecified atom stereocenters. The normalized spacial score (nSPS) is 11.4. The fraction of sp³-hybridized carbons (Fsp3) is 0. The van der Waals surface area contributed by atoms with Gasteiger partial charge in [-0.2, -0.15) is 0 Å². The van der Waals surface area contributed by atoms with Crippen LogP contribution in [0.3, 0.4) is 0 Å². The molecule has 98 valence electrons. The minimum Gasteiger partial charge on any atom is -0.423 e. The zero-order valence-electron chi connectivity index (χ0n) is 9.84. The Bertz CT molecular complexity index is 603. The third kappa shape index (κ3) is 3.32. The SMILES string of the molecule is O=P(O)(O)c1ccc(-c2ccc(B(O)O)cc2)cc1. The Morgan fingerprint density at radius 2 is 1.21 bits per heavy atom. The largest absolute Gasteiger partial charge is 0.488 e. The summed E-state index contributed by atoms with van der Waals surface area (Å²) >= 11 is 0. The van der Waals surface area contributed by atoms with Crippen molar-refractivity contribution in [1.29, 1.82) is 0 Å². The first-order valence-electron chi connectivity index (χ1n) is 5.50. The standard InChI is InChI=1S/C12H12BO5P/c14-13(15)11-5-1-9(2-6-11)10-3-7-12(8-4-10)19(16,17)18/h1-8,14-15H,(H2,16,17,18). The molecule has 7 heteroatoms. The van der Waals surface area contributed by atoms with Crippen LogP contribution in [0, 0.1) is 0 Å². The zero-order valence-corrected chi connectivity index (χ0v) is 10.7. The van der Waals surface area contributed by atoms with Crippen molar-refractivity contribution < 1.29 is 24.4 Å². The predicted octanol–water partition coefficient (Wildman–Crippen LogP) is -0.164. The Kier molecular flexibility index (Phi) is 3.89. The van der Waals surface area contributed by atoms with Crippen LogP contribution < -0.4 is 10.8 Å². The molecule has 0 radical (unpaired) electrons. The van der Waals surface area contributed by atoms with Gasteiger partial charge in [-0.25, -0.2) is 0 Å². The highest BCUT2D eigenvalue weighted by Crippen LogP contribution is 2.33. The highest BCUT2D eigenvalue weighted by molar-refractivity contribution is 7.60. The molecule has 0 aliphatic rings. The van der Waals surface area contributed by atoms with Crippen LogP contribution in [-0.4, -0.2) is 27.0 Å². The van der Waals surface area contributed by atoms with E-state index in [1.165, 1.54) is 12.1 Å². The Hall–Kier alpha value is -1.43. The molecule has 0 aliphatic heterocycles. The van der Waals surface area contributed by atoms with E-state index in [0.29, 0.717) is 5.46 Å². The molecule has 2 aromatic carbocycles. The average molecular weight is 278 g/mol. The molecule has 2 aromatic rings. The van der Waals surface area contributed by atoms with Gasteiger partial charge in [-0.05, 0) is 28.7 Å². The van der Waals surface area contributed by atoms with Gasteiger partial charge in [0.15, 0.2) is 0 Å². The lowest BCUT2D eigenvalue weighted by Gasteiger charge is -2.07. The number of benzene rings is 2. The summed E-state index contributed by atoms with van der Waals surface area (Å²) in [6.07, 6.45) is 0. The van der Waals surface area contributed by atoms with E-state index in [2.05, 4.69) is 0 Å². The lowest BCUT2D eigenvalue weighted by molar-refractivity contribution is 0.387. The summed E-state index contributed by atoms with van der Waals surface area (Å²) in [5, 5.41) is 17.9. The maximum atomic E-state index is 11.0. The first-order valence-corrected chi connectivity index (χ1v) is 7.12. The Labute approximate surface area is 110 Å². The fourth-order valence-corrected chi connectivity index (χ4v) is 2.23. The van der Waals surface area contributed by atoms with E-state index in [9.17, 15) is 4.57 Å². The Morgan fingerprint density at radius 1 is 0.789 bits per heavy atom. The molecule has 5 nitrogen and oxygen atoms in total. The van der Waals surface area contributed by atoms with Crippen LogP contribution >= 0.6 is 7.60 Å². The quantitative estimate of drug-likeness (QED) is 0.462. The maximum Gasteiger partial charge on any atom is 0.488 e. The van der Waals surface area contributed by atoms with Crippen molar-refractivity contribution in [1.82, 2.24) is 0 Å². The van der Waals surface area contributed by atoms with Gasteiger partial charge in [0.25, 0.3) is 0 Å². The minimum absolute atomic E-state index is 0.0290. The van der Waals surface area contributed by atoms with Crippen molar-refractivity contribution in [3.8, 4) is 11.1 Å². The molecular formula is C12H12BO5P. The number of hydrogen-bond donors (Lipinski definition) is 4. The lowest BCUT2D eigenvalue weighted by Crippen LogP contribution is -2.29. The van der Waals surface area contributed by atoms with E-state index in [0.717, 1.165) is 11.1 Å². The molecule has 4 N–H and O–H groups in total. The molecule has 19 heavy (non-hydrogen) atoms. The molecule has 0 aliphatic carbocycles. The molecule has 0 heterocycles. The van der Waals surface area contributed by atoms with E-state index in [1.807, 2.05) is 0 Å². The summed E-state index contributed by atoms with van der Waals surface area (Å²) < 4.78 is 11.0. The zero-order chi connectivity index (χ0) is 14.0.